The van der Waals surface area contributed by atoms with Crippen LogP contribution >= 0.6 is 0 Å². The van der Waals surface area contributed by atoms with Crippen molar-refractivity contribution < 1.29 is 71.2 Å². The first-order chi connectivity index (χ1) is 7.26. The maximum atomic E-state index is 11.2. The van der Waals surface area contributed by atoms with Crippen molar-refractivity contribution in [2.24, 2.45) is 0 Å². The number of hydrogen-bond donors (Lipinski definition) is 2. The van der Waals surface area contributed by atoms with Crippen LogP contribution in [0.15, 0.2) is 0 Å². The molecule has 0 aliphatic carbocycles. The molecule has 0 bridgehead atoms. The van der Waals surface area contributed by atoms with Gasteiger partial charge in [-0.2, -0.15) is 0 Å². The van der Waals surface area contributed by atoms with E-state index in [-0.39, 0.29) is 29.6 Å². The van der Waals surface area contributed by atoms with E-state index in [1.165, 1.54) is 0 Å². The maximum absolute atomic E-state index is 11.2. The molecule has 1 heterocycles. The van der Waals surface area contributed by atoms with Gasteiger partial charge in [-0.1, -0.05) is 0 Å². The number of ketones is 1. The van der Waals surface area contributed by atoms with E-state index in [1.54, 1.807) is 0 Å². The van der Waals surface area contributed by atoms with E-state index < -0.39 is 47.1 Å². The minimum Gasteiger partial charge on any atom is -0.725 e. The summed E-state index contributed by atoms with van der Waals surface area (Å²) in [6.45, 7) is -0.874. The molecule has 1 fully saturated rings. The molecular formula is C6H7NaO9S. The zero-order valence-corrected chi connectivity index (χ0v) is 11.4. The molecule has 0 aromatic carbocycles. The van der Waals surface area contributed by atoms with Crippen molar-refractivity contribution in [3.8, 4) is 0 Å². The molecule has 1 rings (SSSR count). The summed E-state index contributed by atoms with van der Waals surface area (Å²) in [4.78, 5) is 22.2. The van der Waals surface area contributed by atoms with Crippen LogP contribution in [-0.4, -0.2) is 59.9 Å². The quantitative estimate of drug-likeness (QED) is 0.168. The van der Waals surface area contributed by atoms with Gasteiger partial charge in [0.05, 0.1) is 6.61 Å². The Kier molecular flexibility index (Phi) is 6.18. The van der Waals surface area contributed by atoms with Crippen molar-refractivity contribution >= 4 is 22.2 Å². The van der Waals surface area contributed by atoms with E-state index in [2.05, 4.69) is 8.92 Å². The van der Waals surface area contributed by atoms with Crippen molar-refractivity contribution in [1.82, 2.24) is 0 Å². The SMILES string of the molecule is O=C1O[C@H]([C@@H](O)CO)C(=O)C1OS(=O)(=O)[O-].[Na+]. The second-order valence-corrected chi connectivity index (χ2v) is 3.90. The summed E-state index contributed by atoms with van der Waals surface area (Å²) in [5.41, 5.74) is 0. The van der Waals surface area contributed by atoms with Gasteiger partial charge in [-0.3, -0.25) is 8.98 Å². The summed E-state index contributed by atoms with van der Waals surface area (Å²) in [6, 6.07) is 0. The summed E-state index contributed by atoms with van der Waals surface area (Å²) < 4.78 is 38.4. The minimum absolute atomic E-state index is 0. The predicted molar refractivity (Wildman–Crippen MR) is 42.5 cm³/mol. The van der Waals surface area contributed by atoms with Crippen molar-refractivity contribution in [2.75, 3.05) is 6.61 Å². The van der Waals surface area contributed by atoms with Gasteiger partial charge in [-0.15, -0.1) is 0 Å². The Hall–Kier alpha value is -0.0700. The Labute approximate surface area is 118 Å². The van der Waals surface area contributed by atoms with Crippen LogP contribution < -0.4 is 29.6 Å². The van der Waals surface area contributed by atoms with Gasteiger partial charge < -0.3 is 19.5 Å². The molecule has 92 valence electrons. The topological polar surface area (TPSA) is 150 Å². The monoisotopic (exact) mass is 278 g/mol. The molecule has 0 saturated carbocycles. The van der Waals surface area contributed by atoms with E-state index in [9.17, 15) is 22.6 Å². The van der Waals surface area contributed by atoms with Gasteiger partial charge in [-0.05, 0) is 0 Å². The number of ether oxygens (including phenoxy) is 1. The van der Waals surface area contributed by atoms with Gasteiger partial charge in [0.2, 0.25) is 22.3 Å². The van der Waals surface area contributed by atoms with Gasteiger partial charge >= 0.3 is 35.5 Å². The number of carbonyl (C=O) groups excluding carboxylic acids is 2. The Morgan fingerprint density at radius 2 is 2.00 bits per heavy atom. The number of cyclic esters (lactones) is 1. The van der Waals surface area contributed by atoms with Crippen molar-refractivity contribution in [3.05, 3.63) is 0 Å². The number of esters is 1. The molecule has 9 nitrogen and oxygen atoms in total. The van der Waals surface area contributed by atoms with Crippen LogP contribution in [0.2, 0.25) is 0 Å². The maximum Gasteiger partial charge on any atom is 1.00 e. The molecule has 0 aromatic rings. The van der Waals surface area contributed by atoms with Crippen LogP contribution in [0, 0.1) is 0 Å². The van der Waals surface area contributed by atoms with Crippen LogP contribution in [-0.2, 0) is 28.9 Å². The largest absolute Gasteiger partial charge is 1.00 e. The Bertz CT molecular complexity index is 404. The average molecular weight is 278 g/mol. The van der Waals surface area contributed by atoms with Crippen molar-refractivity contribution in [2.45, 2.75) is 18.3 Å². The van der Waals surface area contributed by atoms with Gasteiger partial charge in [0.1, 0.15) is 6.10 Å². The fourth-order valence-corrected chi connectivity index (χ4v) is 1.49. The van der Waals surface area contributed by atoms with Crippen LogP contribution in [0.1, 0.15) is 0 Å². The van der Waals surface area contributed by atoms with Crippen molar-refractivity contribution in [1.29, 1.82) is 0 Å². The summed E-state index contributed by atoms with van der Waals surface area (Å²) in [5.74, 6) is -2.63. The average Bonchev–Trinajstić information content (AvgIpc) is 2.42. The third-order valence-corrected chi connectivity index (χ3v) is 2.17. The summed E-state index contributed by atoms with van der Waals surface area (Å²) in [7, 11) is -5.25. The molecule has 2 N–H and O–H groups in total. The zero-order valence-electron chi connectivity index (χ0n) is 8.60. The molecule has 1 saturated heterocycles. The van der Waals surface area contributed by atoms with Crippen LogP contribution in [0.5, 0.6) is 0 Å². The van der Waals surface area contributed by atoms with E-state index in [0.717, 1.165) is 0 Å². The Morgan fingerprint density at radius 3 is 2.41 bits per heavy atom. The normalized spacial score (nSPS) is 26.3. The van der Waals surface area contributed by atoms with E-state index in [4.69, 9.17) is 10.2 Å². The molecule has 1 unspecified atom stereocenters. The molecule has 0 radical (unpaired) electrons. The minimum atomic E-state index is -5.25. The third kappa shape index (κ3) is 4.26. The van der Waals surface area contributed by atoms with Gasteiger partial charge in [0.15, 0.2) is 6.10 Å². The number of aliphatic hydroxyl groups is 2. The Balaban J connectivity index is 0.00000256. The zero-order chi connectivity index (χ0) is 12.5. The number of Topliss-reactive ketones (excluding diaryl/α,β-unsaturated/α-hetero) is 1. The van der Waals surface area contributed by atoms with Gasteiger partial charge in [-0.25, -0.2) is 13.2 Å². The molecule has 1 aliphatic rings. The first-order valence-electron chi connectivity index (χ1n) is 3.93. The number of hydrogen-bond acceptors (Lipinski definition) is 9. The molecule has 0 spiro atoms. The molecule has 11 heteroatoms. The second-order valence-electron chi connectivity index (χ2n) is 2.89. The van der Waals surface area contributed by atoms with Gasteiger partial charge in [0, 0.05) is 0 Å². The summed E-state index contributed by atoms with van der Waals surface area (Å²) >= 11 is 0. The van der Waals surface area contributed by atoms with E-state index in [0.29, 0.717) is 0 Å². The number of aliphatic hydroxyl groups excluding tert-OH is 2. The summed E-state index contributed by atoms with van der Waals surface area (Å²) in [5, 5.41) is 17.5. The van der Waals surface area contributed by atoms with E-state index in [1.807, 2.05) is 0 Å². The van der Waals surface area contributed by atoms with E-state index >= 15 is 0 Å². The smallest absolute Gasteiger partial charge is 0.725 e. The molecule has 0 aromatic heterocycles. The van der Waals surface area contributed by atoms with Crippen LogP contribution in [0.3, 0.4) is 0 Å². The molecule has 0 amide bonds. The molecule has 1 aliphatic heterocycles. The molecular weight excluding hydrogens is 271 g/mol. The molecule has 17 heavy (non-hydrogen) atoms. The first-order valence-corrected chi connectivity index (χ1v) is 5.27. The van der Waals surface area contributed by atoms with Crippen LogP contribution in [0.4, 0.5) is 0 Å². The Morgan fingerprint density at radius 1 is 1.47 bits per heavy atom. The fraction of sp³-hybridized carbons (Fsp3) is 0.667. The third-order valence-electron chi connectivity index (χ3n) is 1.75. The van der Waals surface area contributed by atoms with Crippen molar-refractivity contribution in [3.63, 3.8) is 0 Å². The molecule has 3 atom stereocenters. The fourth-order valence-electron chi connectivity index (χ4n) is 1.08. The summed E-state index contributed by atoms with van der Waals surface area (Å²) in [6.07, 6.45) is -5.64. The first kappa shape index (κ1) is 16.9. The number of carbonyl (C=O) groups is 2. The standard InChI is InChI=1S/C6H8O9S.Na/c7-1-2(8)4-3(9)5(6(10)14-4)15-16(11,12)13;/h2,4-5,7-8H,1H2,(H,11,12,13);/q;+1/p-1/t2-,4+,5?;/m0./s1. The predicted octanol–water partition coefficient (Wildman–Crippen LogP) is -6.32. The van der Waals surface area contributed by atoms with Crippen LogP contribution in [0.25, 0.3) is 0 Å². The number of rotatable bonds is 4. The second kappa shape index (κ2) is 6.20. The van der Waals surface area contributed by atoms with Gasteiger partial charge in [0.25, 0.3) is 0 Å².